The summed E-state index contributed by atoms with van der Waals surface area (Å²) in [5.74, 6) is -2.40. The van der Waals surface area contributed by atoms with E-state index in [-0.39, 0.29) is 28.9 Å². The summed E-state index contributed by atoms with van der Waals surface area (Å²) < 4.78 is 16.8. The maximum absolute atomic E-state index is 13.7. The topological polar surface area (TPSA) is 196 Å². The molecule has 5 atom stereocenters. The fourth-order valence-electron chi connectivity index (χ4n) is 8.35. The van der Waals surface area contributed by atoms with Gasteiger partial charge in [-0.25, -0.2) is 4.79 Å². The van der Waals surface area contributed by atoms with Gasteiger partial charge in [-0.15, -0.1) is 0 Å². The zero-order chi connectivity index (χ0) is 43.5. The van der Waals surface area contributed by atoms with Gasteiger partial charge in [0, 0.05) is 81.7 Å². The number of aromatic hydroxyl groups is 2. The summed E-state index contributed by atoms with van der Waals surface area (Å²) in [6, 6.07) is 9.25. The summed E-state index contributed by atoms with van der Waals surface area (Å²) in [5, 5.41) is 40.0. The number of phenols is 2. The molecule has 0 spiro atoms. The molecule has 14 heteroatoms. The molecule has 5 rings (SSSR count). The molecular weight excluding hydrogens is 767 g/mol. The van der Waals surface area contributed by atoms with Crippen LogP contribution in [0.5, 0.6) is 11.5 Å². The van der Waals surface area contributed by atoms with E-state index in [1.54, 1.807) is 64.1 Å². The Balaban J connectivity index is 1.41. The highest BCUT2D eigenvalue weighted by atomic mass is 16.6. The lowest BCUT2D eigenvalue weighted by Crippen LogP contribution is -2.50. The lowest BCUT2D eigenvalue weighted by Gasteiger charge is -2.40. The van der Waals surface area contributed by atoms with Crippen LogP contribution in [-0.2, 0) is 25.5 Å². The summed E-state index contributed by atoms with van der Waals surface area (Å²) in [7, 11) is 2.90. The summed E-state index contributed by atoms with van der Waals surface area (Å²) in [6.45, 7) is 11.8. The summed E-state index contributed by atoms with van der Waals surface area (Å²) in [4.78, 5) is 44.1. The van der Waals surface area contributed by atoms with Gasteiger partial charge >= 0.3 is 6.09 Å². The zero-order valence-electron chi connectivity index (χ0n) is 35.8. The first-order valence-electron chi connectivity index (χ1n) is 20.9. The third-order valence-corrected chi connectivity index (χ3v) is 11.9. The molecule has 0 aromatic heterocycles. The van der Waals surface area contributed by atoms with Gasteiger partial charge in [0.1, 0.15) is 17.6 Å². The predicted octanol–water partition coefficient (Wildman–Crippen LogP) is 6.49. The van der Waals surface area contributed by atoms with Crippen molar-refractivity contribution in [1.82, 2.24) is 9.80 Å². The van der Waals surface area contributed by atoms with Crippen LogP contribution < -0.4 is 16.4 Å². The number of hydrogen-bond acceptors (Lipinski definition) is 11. The SMILES string of the molecule is CO[C@H]1C=C/C=C(\C)C(=O)Nc2cc(O)c(NC(=O)c3ccc(CN4CCN(C5CCCCC5)CC4)cc3)c(c2O)/C=C(\C)C[C@H](OC)[C@H](O)[C@@H](C)/C=C(\C)[C@@H]1OC(N)=O. The Kier molecular flexibility index (Phi) is 16.5. The van der Waals surface area contributed by atoms with Crippen LogP contribution in [-0.4, -0.2) is 114 Å². The molecule has 2 aromatic carbocycles. The van der Waals surface area contributed by atoms with Gasteiger partial charge in [-0.3, -0.25) is 19.4 Å². The van der Waals surface area contributed by atoms with Crippen molar-refractivity contribution >= 4 is 35.4 Å². The maximum Gasteiger partial charge on any atom is 0.405 e. The summed E-state index contributed by atoms with van der Waals surface area (Å²) in [6.07, 6.45) is 10.2. The monoisotopic (exact) mass is 829 g/mol. The van der Waals surface area contributed by atoms with Crippen LogP contribution in [0.3, 0.4) is 0 Å². The molecule has 7 N–H and O–H groups in total. The Morgan fingerprint density at radius 2 is 1.67 bits per heavy atom. The maximum atomic E-state index is 13.7. The molecule has 2 fully saturated rings. The number of ether oxygens (including phenoxy) is 3. The molecule has 2 heterocycles. The second-order valence-corrected chi connectivity index (χ2v) is 16.3. The van der Waals surface area contributed by atoms with Crippen molar-refractivity contribution in [1.29, 1.82) is 0 Å². The van der Waals surface area contributed by atoms with Crippen LogP contribution in [0.15, 0.2) is 71.4 Å². The average molecular weight is 830 g/mol. The number of piperazine rings is 1. The first kappa shape index (κ1) is 46.1. The molecule has 1 aliphatic carbocycles. The number of hydrogen-bond donors (Lipinski definition) is 6. The Morgan fingerprint density at radius 3 is 2.30 bits per heavy atom. The highest BCUT2D eigenvalue weighted by Crippen LogP contribution is 2.43. The van der Waals surface area contributed by atoms with Crippen molar-refractivity contribution in [3.05, 3.63) is 88.0 Å². The van der Waals surface area contributed by atoms with Crippen molar-refractivity contribution in [2.24, 2.45) is 11.7 Å². The lowest BCUT2D eigenvalue weighted by molar-refractivity contribution is -0.112. The van der Waals surface area contributed by atoms with Gasteiger partial charge in [-0.05, 0) is 69.4 Å². The van der Waals surface area contributed by atoms with Gasteiger partial charge in [0.2, 0.25) is 0 Å². The second kappa shape index (κ2) is 21.5. The molecule has 2 bridgehead atoms. The number of rotatable bonds is 8. The molecule has 3 aliphatic rings. The predicted molar refractivity (Wildman–Crippen MR) is 233 cm³/mol. The number of carbonyl (C=O) groups excluding carboxylic acids is 3. The number of phenolic OH excluding ortho intramolecular Hbond substituents is 2. The standard InChI is InChI=1S/C46H63N5O9/c1-28-23-35-40(49-45(56)33-17-15-32(16-18-33)27-50-19-21-51(22-20-50)34-12-8-7-9-13-34)37(52)26-36(42(35)54)48-44(55)29(2)11-10-14-38(58-5)43(60-46(47)57)31(4)25-30(3)41(53)39(24-28)59-6/h10-11,14-18,23,25-26,30,34,38-39,41,43,52-54H,7-9,12-13,19-22,24,27H2,1-6H3,(H2,47,57)(H,48,55)(H,49,56)/b14-10?,28-23+,29-11+,31-25+/t30-,38-,39-,41+,43-/m0/s1. The van der Waals surface area contributed by atoms with Crippen molar-refractivity contribution in [3.63, 3.8) is 0 Å². The van der Waals surface area contributed by atoms with E-state index >= 15 is 0 Å². The fraction of sp³-hybridized carbons (Fsp3) is 0.500. The number of benzene rings is 2. The number of aliphatic hydroxyl groups is 1. The van der Waals surface area contributed by atoms with E-state index in [2.05, 4.69) is 20.4 Å². The number of methoxy groups -OCH3 is 2. The number of amides is 3. The first-order chi connectivity index (χ1) is 28.7. The molecular formula is C46H63N5O9. The van der Waals surface area contributed by atoms with E-state index in [0.29, 0.717) is 16.7 Å². The van der Waals surface area contributed by atoms with E-state index in [4.69, 9.17) is 19.9 Å². The molecule has 1 saturated heterocycles. The fourth-order valence-corrected chi connectivity index (χ4v) is 8.35. The van der Waals surface area contributed by atoms with Crippen LogP contribution in [0.4, 0.5) is 16.2 Å². The minimum Gasteiger partial charge on any atom is -0.506 e. The van der Waals surface area contributed by atoms with Crippen LogP contribution in [0.2, 0.25) is 0 Å². The van der Waals surface area contributed by atoms with E-state index in [1.807, 2.05) is 12.1 Å². The van der Waals surface area contributed by atoms with Crippen LogP contribution in [0, 0.1) is 5.92 Å². The van der Waals surface area contributed by atoms with E-state index in [0.717, 1.165) is 44.3 Å². The minimum absolute atomic E-state index is 0.0436. The van der Waals surface area contributed by atoms with Gasteiger partial charge in [0.25, 0.3) is 11.8 Å². The van der Waals surface area contributed by atoms with Crippen molar-refractivity contribution in [2.75, 3.05) is 51.0 Å². The van der Waals surface area contributed by atoms with E-state index in [9.17, 15) is 29.7 Å². The first-order valence-corrected chi connectivity index (χ1v) is 20.9. The zero-order valence-corrected chi connectivity index (χ0v) is 35.8. The molecule has 14 nitrogen and oxygen atoms in total. The number of nitrogens with one attached hydrogen (secondary N) is 2. The number of aliphatic hydroxyl groups excluding tert-OH is 1. The number of nitrogens with zero attached hydrogens (tertiary/aromatic N) is 2. The van der Waals surface area contributed by atoms with Gasteiger partial charge < -0.3 is 45.9 Å². The third kappa shape index (κ3) is 12.1. The smallest absolute Gasteiger partial charge is 0.405 e. The molecule has 3 amide bonds. The molecule has 60 heavy (non-hydrogen) atoms. The van der Waals surface area contributed by atoms with Crippen molar-refractivity contribution in [2.45, 2.75) is 103 Å². The summed E-state index contributed by atoms with van der Waals surface area (Å²) in [5.41, 5.74) is 8.13. The van der Waals surface area contributed by atoms with Crippen LogP contribution in [0.25, 0.3) is 6.08 Å². The Morgan fingerprint density at radius 1 is 0.983 bits per heavy atom. The number of fused-ring (bicyclic) bond motifs is 2. The largest absolute Gasteiger partial charge is 0.506 e. The summed E-state index contributed by atoms with van der Waals surface area (Å²) >= 11 is 0. The molecule has 0 radical (unpaired) electrons. The van der Waals surface area contributed by atoms with Gasteiger partial charge in [0.05, 0.1) is 23.6 Å². The number of nitrogens with two attached hydrogens (primary N) is 1. The van der Waals surface area contributed by atoms with E-state index in [1.165, 1.54) is 58.5 Å². The highest BCUT2D eigenvalue weighted by molar-refractivity contribution is 6.09. The van der Waals surface area contributed by atoms with Crippen molar-refractivity contribution in [3.8, 4) is 11.5 Å². The van der Waals surface area contributed by atoms with Crippen molar-refractivity contribution < 1.29 is 43.9 Å². The normalized spacial score (nSPS) is 27.1. The molecule has 2 aromatic rings. The van der Waals surface area contributed by atoms with Gasteiger partial charge in [-0.2, -0.15) is 0 Å². The average Bonchev–Trinajstić information content (AvgIpc) is 3.23. The Bertz CT molecular complexity index is 1950. The lowest BCUT2D eigenvalue weighted by atomic mass is 9.91. The highest BCUT2D eigenvalue weighted by Gasteiger charge is 2.30. The second-order valence-electron chi connectivity index (χ2n) is 16.3. The Hall–Kier alpha value is -4.99. The molecule has 1 saturated carbocycles. The van der Waals surface area contributed by atoms with Crippen LogP contribution >= 0.6 is 0 Å². The van der Waals surface area contributed by atoms with Crippen LogP contribution in [0.1, 0.15) is 87.7 Å². The van der Waals surface area contributed by atoms with Gasteiger partial charge in [0.15, 0.2) is 6.10 Å². The molecule has 0 unspecified atom stereocenters. The number of allylic oxidation sites excluding steroid dienone is 2. The Labute approximate surface area is 353 Å². The number of carbonyl (C=O) groups is 3. The van der Waals surface area contributed by atoms with E-state index < -0.39 is 59.7 Å². The quantitative estimate of drug-likeness (QED) is 0.0968. The van der Waals surface area contributed by atoms with Gasteiger partial charge in [-0.1, -0.05) is 68.2 Å². The third-order valence-electron chi connectivity index (χ3n) is 11.9. The minimum atomic E-state index is -1.05. The number of primary amides is 1. The number of anilines is 2. The molecule has 326 valence electrons. The molecule has 2 aliphatic heterocycles.